The van der Waals surface area contributed by atoms with Gasteiger partial charge in [0, 0.05) is 18.5 Å². The molecule has 3 fully saturated rings. The Kier molecular flexibility index (Phi) is 4.98. The van der Waals surface area contributed by atoms with Crippen molar-refractivity contribution >= 4 is 5.91 Å². The summed E-state index contributed by atoms with van der Waals surface area (Å²) in [6, 6.07) is 0.754. The minimum Gasteiger partial charge on any atom is -0.356 e. The van der Waals surface area contributed by atoms with Gasteiger partial charge < -0.3 is 10.2 Å². The van der Waals surface area contributed by atoms with Gasteiger partial charge in [0.1, 0.15) is 0 Å². The molecule has 20 heavy (non-hydrogen) atoms. The first-order chi connectivity index (χ1) is 9.84. The summed E-state index contributed by atoms with van der Waals surface area (Å²) in [5.74, 6) is 1.36. The first-order valence-electron chi connectivity index (χ1n) is 8.86. The van der Waals surface area contributed by atoms with E-state index in [2.05, 4.69) is 10.2 Å². The molecule has 1 aliphatic carbocycles. The van der Waals surface area contributed by atoms with Gasteiger partial charge in [0.25, 0.3) is 0 Å². The molecule has 0 spiro atoms. The van der Waals surface area contributed by atoms with Crippen LogP contribution in [0.4, 0.5) is 0 Å². The Morgan fingerprint density at radius 2 is 1.65 bits per heavy atom. The van der Waals surface area contributed by atoms with Gasteiger partial charge in [0.05, 0.1) is 0 Å². The average Bonchev–Trinajstić information content (AvgIpc) is 2.53. The molecule has 3 heteroatoms. The number of nitrogens with one attached hydrogen (secondary N) is 1. The van der Waals surface area contributed by atoms with E-state index < -0.39 is 0 Å². The molecule has 0 aromatic rings. The van der Waals surface area contributed by atoms with Crippen molar-refractivity contribution in [1.82, 2.24) is 10.2 Å². The number of piperidine rings is 2. The molecule has 0 aromatic carbocycles. The maximum atomic E-state index is 12.3. The largest absolute Gasteiger partial charge is 0.356 e. The van der Waals surface area contributed by atoms with Crippen molar-refractivity contribution in [3.05, 3.63) is 0 Å². The second-order valence-corrected chi connectivity index (χ2v) is 7.08. The molecular formula is C17H30N2O. The molecular weight excluding hydrogens is 248 g/mol. The molecule has 2 atom stereocenters. The molecule has 0 unspecified atom stereocenters. The normalized spacial score (nSPS) is 32.6. The van der Waals surface area contributed by atoms with Gasteiger partial charge in [-0.3, -0.25) is 4.79 Å². The first-order valence-corrected chi connectivity index (χ1v) is 8.86. The lowest BCUT2D eigenvalue weighted by Crippen LogP contribution is -2.51. The minimum atomic E-state index is 0.315. The van der Waals surface area contributed by atoms with Crippen molar-refractivity contribution in [2.45, 2.75) is 70.3 Å². The Morgan fingerprint density at radius 1 is 0.900 bits per heavy atom. The second-order valence-electron chi connectivity index (χ2n) is 7.08. The van der Waals surface area contributed by atoms with Crippen molar-refractivity contribution in [2.75, 3.05) is 19.6 Å². The summed E-state index contributed by atoms with van der Waals surface area (Å²) in [6.07, 6.45) is 12.8. The van der Waals surface area contributed by atoms with Crippen molar-refractivity contribution < 1.29 is 4.79 Å². The van der Waals surface area contributed by atoms with E-state index in [1.54, 1.807) is 0 Å². The lowest BCUT2D eigenvalue weighted by Gasteiger charge is -2.44. The number of carbonyl (C=O) groups excluding carboxylic acids is 1. The Labute approximate surface area is 123 Å². The van der Waals surface area contributed by atoms with Crippen LogP contribution in [-0.4, -0.2) is 36.5 Å². The summed E-state index contributed by atoms with van der Waals surface area (Å²) in [7, 11) is 0. The predicted octanol–water partition coefficient (Wildman–Crippen LogP) is 2.95. The molecule has 0 radical (unpaired) electrons. The van der Waals surface area contributed by atoms with Crippen LogP contribution in [0.3, 0.4) is 0 Å². The monoisotopic (exact) mass is 278 g/mol. The van der Waals surface area contributed by atoms with E-state index in [-0.39, 0.29) is 0 Å². The van der Waals surface area contributed by atoms with Crippen LogP contribution in [0.5, 0.6) is 0 Å². The summed E-state index contributed by atoms with van der Waals surface area (Å²) in [5, 5.41) is 3.29. The van der Waals surface area contributed by atoms with Gasteiger partial charge in [-0.1, -0.05) is 25.7 Å². The molecule has 2 aliphatic heterocycles. The number of nitrogens with zero attached hydrogens (tertiary/aromatic N) is 1. The van der Waals surface area contributed by atoms with Crippen LogP contribution in [0.1, 0.15) is 64.2 Å². The molecule has 1 saturated carbocycles. The van der Waals surface area contributed by atoms with Crippen molar-refractivity contribution in [1.29, 1.82) is 0 Å². The van der Waals surface area contributed by atoms with Crippen molar-refractivity contribution in [2.24, 2.45) is 11.8 Å². The summed E-state index contributed by atoms with van der Waals surface area (Å²) >= 11 is 0. The lowest BCUT2D eigenvalue weighted by molar-refractivity contribution is -0.126. The first kappa shape index (κ1) is 14.4. The number of rotatable bonds is 3. The Morgan fingerprint density at radius 3 is 2.50 bits per heavy atom. The molecule has 114 valence electrons. The fraction of sp³-hybridized carbons (Fsp3) is 0.941. The summed E-state index contributed by atoms with van der Waals surface area (Å²) < 4.78 is 0. The standard InChI is InChI=1S/C17H30N2O/c20-17(14-7-2-1-3-8-14)18-13-15-9-6-12-19-11-5-4-10-16(15)19/h14-16H,1-13H2,(H,18,20)/t15-,16+/m0/s1. The third-order valence-corrected chi connectivity index (χ3v) is 5.74. The Balaban J connectivity index is 1.48. The van der Waals surface area contributed by atoms with Crippen molar-refractivity contribution in [3.63, 3.8) is 0 Å². The van der Waals surface area contributed by atoms with E-state index >= 15 is 0 Å². The molecule has 1 N–H and O–H groups in total. The maximum absolute atomic E-state index is 12.3. The second kappa shape index (κ2) is 6.93. The zero-order valence-electron chi connectivity index (χ0n) is 12.8. The third kappa shape index (κ3) is 3.36. The zero-order chi connectivity index (χ0) is 13.8. The van der Waals surface area contributed by atoms with Crippen LogP contribution < -0.4 is 5.32 Å². The quantitative estimate of drug-likeness (QED) is 0.861. The van der Waals surface area contributed by atoms with E-state index in [4.69, 9.17) is 0 Å². The smallest absolute Gasteiger partial charge is 0.223 e. The van der Waals surface area contributed by atoms with E-state index in [9.17, 15) is 4.79 Å². The Bertz CT molecular complexity index is 323. The number of hydrogen-bond donors (Lipinski definition) is 1. The van der Waals surface area contributed by atoms with E-state index in [0.29, 0.717) is 17.7 Å². The highest BCUT2D eigenvalue weighted by atomic mass is 16.1. The van der Waals surface area contributed by atoms with Crippen LogP contribution in [0.2, 0.25) is 0 Å². The summed E-state index contributed by atoms with van der Waals surface area (Å²) in [4.78, 5) is 15.0. The molecule has 3 rings (SSSR count). The van der Waals surface area contributed by atoms with Gasteiger partial charge in [0.2, 0.25) is 5.91 Å². The molecule has 1 amide bonds. The molecule has 2 heterocycles. The van der Waals surface area contributed by atoms with Crippen LogP contribution in [0, 0.1) is 11.8 Å². The fourth-order valence-corrected chi connectivity index (χ4v) is 4.56. The number of amides is 1. The van der Waals surface area contributed by atoms with Gasteiger partial charge >= 0.3 is 0 Å². The van der Waals surface area contributed by atoms with Crippen LogP contribution in [-0.2, 0) is 4.79 Å². The zero-order valence-corrected chi connectivity index (χ0v) is 12.8. The number of hydrogen-bond acceptors (Lipinski definition) is 2. The molecule has 0 bridgehead atoms. The van der Waals surface area contributed by atoms with E-state index in [0.717, 1.165) is 25.4 Å². The van der Waals surface area contributed by atoms with E-state index in [1.165, 1.54) is 64.5 Å². The fourth-order valence-electron chi connectivity index (χ4n) is 4.56. The average molecular weight is 278 g/mol. The topological polar surface area (TPSA) is 32.3 Å². The summed E-state index contributed by atoms with van der Waals surface area (Å²) in [5.41, 5.74) is 0. The lowest BCUT2D eigenvalue weighted by atomic mass is 9.83. The highest BCUT2D eigenvalue weighted by Crippen LogP contribution is 2.30. The number of fused-ring (bicyclic) bond motifs is 1. The van der Waals surface area contributed by atoms with Gasteiger partial charge in [-0.25, -0.2) is 0 Å². The predicted molar refractivity (Wildman–Crippen MR) is 81.5 cm³/mol. The number of carbonyl (C=O) groups is 1. The van der Waals surface area contributed by atoms with Crippen molar-refractivity contribution in [3.8, 4) is 0 Å². The SMILES string of the molecule is O=C(NC[C@@H]1CCCN2CCCC[C@H]12)C1CCCCC1. The molecule has 3 nitrogen and oxygen atoms in total. The van der Waals surface area contributed by atoms with Gasteiger partial charge in [-0.15, -0.1) is 0 Å². The third-order valence-electron chi connectivity index (χ3n) is 5.74. The Hall–Kier alpha value is -0.570. The van der Waals surface area contributed by atoms with Gasteiger partial charge in [0.15, 0.2) is 0 Å². The van der Waals surface area contributed by atoms with E-state index in [1.807, 2.05) is 0 Å². The van der Waals surface area contributed by atoms with Gasteiger partial charge in [-0.2, -0.15) is 0 Å². The summed E-state index contributed by atoms with van der Waals surface area (Å²) in [6.45, 7) is 3.51. The maximum Gasteiger partial charge on any atom is 0.223 e. The molecule has 0 aromatic heterocycles. The molecule has 3 aliphatic rings. The van der Waals surface area contributed by atoms with Crippen LogP contribution >= 0.6 is 0 Å². The highest BCUT2D eigenvalue weighted by molar-refractivity contribution is 5.78. The van der Waals surface area contributed by atoms with Gasteiger partial charge in [-0.05, 0) is 57.5 Å². The minimum absolute atomic E-state index is 0.315. The van der Waals surface area contributed by atoms with Crippen LogP contribution in [0.25, 0.3) is 0 Å². The molecule has 2 saturated heterocycles. The van der Waals surface area contributed by atoms with Crippen LogP contribution in [0.15, 0.2) is 0 Å². The highest BCUT2D eigenvalue weighted by Gasteiger charge is 2.33.